The van der Waals surface area contributed by atoms with E-state index >= 15 is 0 Å². The van der Waals surface area contributed by atoms with Gasteiger partial charge in [-0.3, -0.25) is 0 Å². The van der Waals surface area contributed by atoms with Gasteiger partial charge in [-0.25, -0.2) is 17.6 Å². The van der Waals surface area contributed by atoms with Gasteiger partial charge in [0.2, 0.25) is 0 Å². The molecule has 0 aliphatic heterocycles. The minimum absolute atomic E-state index is 0.0100. The molecule has 0 radical (unpaired) electrons. The van der Waals surface area contributed by atoms with Crippen LogP contribution in [0.5, 0.6) is 5.75 Å². The fourth-order valence-electron chi connectivity index (χ4n) is 2.15. The van der Waals surface area contributed by atoms with Crippen molar-refractivity contribution in [2.75, 3.05) is 14.2 Å². The van der Waals surface area contributed by atoms with Crippen molar-refractivity contribution in [3.05, 3.63) is 64.7 Å². The topological polar surface area (TPSA) is 21.3 Å². The Morgan fingerprint density at radius 3 is 2.14 bits per heavy atom. The van der Waals surface area contributed by atoms with E-state index in [4.69, 9.17) is 4.74 Å². The van der Waals surface area contributed by atoms with Gasteiger partial charge >= 0.3 is 0 Å². The summed E-state index contributed by atoms with van der Waals surface area (Å²) in [6.07, 6.45) is 0. The number of methoxy groups -OCH3 is 1. The summed E-state index contributed by atoms with van der Waals surface area (Å²) in [5, 5.41) is 2.75. The molecule has 2 rings (SSSR count). The van der Waals surface area contributed by atoms with Crippen molar-refractivity contribution in [2.24, 2.45) is 0 Å². The monoisotopic (exact) mass is 299 g/mol. The molecule has 0 bridgehead atoms. The summed E-state index contributed by atoms with van der Waals surface area (Å²) >= 11 is 0. The highest BCUT2D eigenvalue weighted by atomic mass is 19.2. The van der Waals surface area contributed by atoms with Gasteiger partial charge < -0.3 is 10.1 Å². The Kier molecular flexibility index (Phi) is 4.47. The molecule has 0 amide bonds. The van der Waals surface area contributed by atoms with Crippen LogP contribution in [0.1, 0.15) is 17.2 Å². The van der Waals surface area contributed by atoms with E-state index in [1.807, 2.05) is 0 Å². The molecule has 1 N–H and O–H groups in total. The van der Waals surface area contributed by atoms with Crippen molar-refractivity contribution in [2.45, 2.75) is 6.04 Å². The van der Waals surface area contributed by atoms with Crippen LogP contribution in [0.25, 0.3) is 0 Å². The number of rotatable bonds is 4. The fraction of sp³-hybridized carbons (Fsp3) is 0.200. The molecule has 0 saturated carbocycles. The molecular weight excluding hydrogens is 286 g/mol. The minimum atomic E-state index is -1.56. The molecule has 0 aliphatic rings. The van der Waals surface area contributed by atoms with Gasteiger partial charge in [0.15, 0.2) is 29.0 Å². The van der Waals surface area contributed by atoms with Crippen LogP contribution in [0.3, 0.4) is 0 Å². The number of ether oxygens (including phenoxy) is 1. The third-order valence-corrected chi connectivity index (χ3v) is 3.15. The highest BCUT2D eigenvalue weighted by molar-refractivity contribution is 5.38. The summed E-state index contributed by atoms with van der Waals surface area (Å²) in [7, 11) is 2.82. The van der Waals surface area contributed by atoms with Gasteiger partial charge in [0.25, 0.3) is 0 Å². The summed E-state index contributed by atoms with van der Waals surface area (Å²) in [4.78, 5) is 0. The van der Waals surface area contributed by atoms with Crippen LogP contribution >= 0.6 is 0 Å². The van der Waals surface area contributed by atoms with E-state index in [2.05, 4.69) is 5.32 Å². The number of hydrogen-bond donors (Lipinski definition) is 1. The average molecular weight is 299 g/mol. The number of halogens is 4. The van der Waals surface area contributed by atoms with Crippen LogP contribution in [-0.4, -0.2) is 14.2 Å². The molecule has 1 unspecified atom stereocenters. The predicted molar refractivity (Wildman–Crippen MR) is 70.2 cm³/mol. The maximum absolute atomic E-state index is 14.2. The lowest BCUT2D eigenvalue weighted by Gasteiger charge is -2.19. The van der Waals surface area contributed by atoms with Gasteiger partial charge in [0.1, 0.15) is 0 Å². The third kappa shape index (κ3) is 2.85. The zero-order valence-corrected chi connectivity index (χ0v) is 11.4. The second kappa shape index (κ2) is 6.13. The molecular formula is C15H13F4NO. The van der Waals surface area contributed by atoms with Gasteiger partial charge in [-0.05, 0) is 30.8 Å². The van der Waals surface area contributed by atoms with E-state index in [9.17, 15) is 17.6 Å². The third-order valence-electron chi connectivity index (χ3n) is 3.15. The van der Waals surface area contributed by atoms with Gasteiger partial charge in [0.05, 0.1) is 13.2 Å². The Bertz CT molecular complexity index is 637. The van der Waals surface area contributed by atoms with E-state index in [0.717, 1.165) is 12.1 Å². The van der Waals surface area contributed by atoms with Crippen molar-refractivity contribution in [3.8, 4) is 5.75 Å². The van der Waals surface area contributed by atoms with Gasteiger partial charge in [-0.2, -0.15) is 0 Å². The maximum atomic E-state index is 14.2. The molecule has 0 aliphatic carbocycles. The number of hydrogen-bond acceptors (Lipinski definition) is 2. The number of nitrogens with one attached hydrogen (secondary N) is 1. The average Bonchev–Trinajstić information content (AvgIpc) is 2.47. The van der Waals surface area contributed by atoms with Crippen molar-refractivity contribution in [1.29, 1.82) is 0 Å². The Morgan fingerprint density at radius 1 is 1.00 bits per heavy atom. The van der Waals surface area contributed by atoms with Crippen molar-refractivity contribution in [3.63, 3.8) is 0 Å². The standard InChI is InChI=1S/C15H13F4NO/c1-20-15(8-6-10(16)14(19)11(17)7-8)9-4-3-5-12(21-2)13(9)18/h3-7,15,20H,1-2H3. The Hall–Kier alpha value is -2.08. The van der Waals surface area contributed by atoms with Crippen LogP contribution in [0.15, 0.2) is 30.3 Å². The smallest absolute Gasteiger partial charge is 0.194 e. The largest absolute Gasteiger partial charge is 0.494 e. The second-order valence-electron chi connectivity index (χ2n) is 4.38. The SMILES string of the molecule is CNC(c1cc(F)c(F)c(F)c1)c1cccc(OC)c1F. The molecule has 0 spiro atoms. The quantitative estimate of drug-likeness (QED) is 0.688. The Morgan fingerprint density at radius 2 is 1.62 bits per heavy atom. The summed E-state index contributed by atoms with van der Waals surface area (Å²) in [6.45, 7) is 0. The first-order valence-electron chi connectivity index (χ1n) is 6.13. The molecule has 0 saturated heterocycles. The molecule has 112 valence electrons. The molecule has 0 aromatic heterocycles. The molecule has 0 heterocycles. The summed E-state index contributed by atoms with van der Waals surface area (Å²) in [6, 6.07) is 5.26. The molecule has 2 aromatic carbocycles. The van der Waals surface area contributed by atoms with Crippen LogP contribution < -0.4 is 10.1 Å². The van der Waals surface area contributed by atoms with Crippen molar-refractivity contribution < 1.29 is 22.3 Å². The molecule has 2 aromatic rings. The molecule has 0 fully saturated rings. The van der Waals surface area contributed by atoms with Crippen LogP contribution in [0, 0.1) is 23.3 Å². The zero-order valence-electron chi connectivity index (χ0n) is 11.4. The lowest BCUT2D eigenvalue weighted by Crippen LogP contribution is -2.20. The second-order valence-corrected chi connectivity index (χ2v) is 4.38. The fourth-order valence-corrected chi connectivity index (χ4v) is 2.15. The Balaban J connectivity index is 2.55. The normalized spacial score (nSPS) is 12.3. The molecule has 1 atom stereocenters. The first-order valence-corrected chi connectivity index (χ1v) is 6.13. The van der Waals surface area contributed by atoms with E-state index < -0.39 is 29.3 Å². The van der Waals surface area contributed by atoms with E-state index in [-0.39, 0.29) is 16.9 Å². The van der Waals surface area contributed by atoms with E-state index in [1.165, 1.54) is 26.3 Å². The lowest BCUT2D eigenvalue weighted by molar-refractivity contribution is 0.382. The van der Waals surface area contributed by atoms with Gasteiger partial charge in [0, 0.05) is 5.56 Å². The van der Waals surface area contributed by atoms with Gasteiger partial charge in [-0.15, -0.1) is 0 Å². The van der Waals surface area contributed by atoms with Gasteiger partial charge in [-0.1, -0.05) is 12.1 Å². The highest BCUT2D eigenvalue weighted by Crippen LogP contribution is 2.30. The first-order chi connectivity index (χ1) is 9.99. The van der Waals surface area contributed by atoms with E-state index in [1.54, 1.807) is 6.07 Å². The highest BCUT2D eigenvalue weighted by Gasteiger charge is 2.21. The molecule has 21 heavy (non-hydrogen) atoms. The lowest BCUT2D eigenvalue weighted by atomic mass is 9.97. The van der Waals surface area contributed by atoms with E-state index in [0.29, 0.717) is 0 Å². The Labute approximate surface area is 119 Å². The summed E-state index contributed by atoms with van der Waals surface area (Å²) < 4.78 is 58.8. The maximum Gasteiger partial charge on any atom is 0.194 e. The minimum Gasteiger partial charge on any atom is -0.494 e. The van der Waals surface area contributed by atoms with Crippen LogP contribution in [0.4, 0.5) is 17.6 Å². The summed E-state index contributed by atoms with van der Waals surface area (Å²) in [5.41, 5.74) is 0.211. The van der Waals surface area contributed by atoms with Crippen molar-refractivity contribution >= 4 is 0 Å². The summed E-state index contributed by atoms with van der Waals surface area (Å²) in [5.74, 6) is -4.85. The van der Waals surface area contributed by atoms with Crippen molar-refractivity contribution in [1.82, 2.24) is 5.32 Å². The van der Waals surface area contributed by atoms with Crippen LogP contribution in [-0.2, 0) is 0 Å². The molecule has 2 nitrogen and oxygen atoms in total. The number of benzene rings is 2. The first kappa shape index (κ1) is 15.3. The van der Waals surface area contributed by atoms with Crippen LogP contribution in [0.2, 0.25) is 0 Å². The predicted octanol–water partition coefficient (Wildman–Crippen LogP) is 3.56. The zero-order chi connectivity index (χ0) is 15.6. The molecule has 6 heteroatoms.